The highest BCUT2D eigenvalue weighted by atomic mass is 79.9. The highest BCUT2D eigenvalue weighted by molar-refractivity contribution is 9.10. The molecule has 29 heavy (non-hydrogen) atoms. The van der Waals surface area contributed by atoms with Crippen LogP contribution in [0.25, 0.3) is 10.4 Å². The van der Waals surface area contributed by atoms with Gasteiger partial charge in [-0.1, -0.05) is 12.1 Å². The number of amides is 1. The predicted molar refractivity (Wildman–Crippen MR) is 112 cm³/mol. The second-order valence-corrected chi connectivity index (χ2v) is 8.32. The molecule has 1 amide bonds. The number of carboxylic acid groups (broad SMARTS) is 2. The van der Waals surface area contributed by atoms with Crippen LogP contribution in [0.1, 0.15) is 22.5 Å². The smallest absolute Gasteiger partial charge is 0.349 e. The summed E-state index contributed by atoms with van der Waals surface area (Å²) in [5.41, 5.74) is 1.28. The molecular formula is C19H19BrN2O6S. The lowest BCUT2D eigenvalue weighted by Crippen LogP contribution is -2.37. The minimum Gasteiger partial charge on any atom is -0.479 e. The molecule has 1 aromatic heterocycles. The van der Waals surface area contributed by atoms with Gasteiger partial charge < -0.3 is 25.6 Å². The van der Waals surface area contributed by atoms with Gasteiger partial charge in [-0.05, 0) is 53.0 Å². The van der Waals surface area contributed by atoms with Crippen molar-refractivity contribution in [3.63, 3.8) is 0 Å². The number of ether oxygens (including phenoxy) is 1. The van der Waals surface area contributed by atoms with Gasteiger partial charge in [-0.3, -0.25) is 4.79 Å². The first-order valence-electron chi connectivity index (χ1n) is 8.89. The number of rotatable bonds is 7. The third kappa shape index (κ3) is 5.14. The van der Waals surface area contributed by atoms with Gasteiger partial charge in [0.15, 0.2) is 17.2 Å². The van der Waals surface area contributed by atoms with Crippen LogP contribution in [0.3, 0.4) is 0 Å². The number of carbonyl (C=O) groups is 3. The fourth-order valence-electron chi connectivity index (χ4n) is 3.04. The molecule has 2 heterocycles. The van der Waals surface area contributed by atoms with Gasteiger partial charge in [-0.25, -0.2) is 9.59 Å². The predicted octanol–water partition coefficient (Wildman–Crippen LogP) is 3.28. The van der Waals surface area contributed by atoms with Crippen LogP contribution in [0, 0.1) is 5.92 Å². The number of anilines is 1. The zero-order valence-corrected chi connectivity index (χ0v) is 17.6. The summed E-state index contributed by atoms with van der Waals surface area (Å²) in [5.74, 6) is -2.59. The number of carbonyl (C=O) groups excluding carboxylic acids is 1. The van der Waals surface area contributed by atoms with Gasteiger partial charge >= 0.3 is 11.9 Å². The van der Waals surface area contributed by atoms with E-state index in [1.54, 1.807) is 24.3 Å². The Morgan fingerprint density at radius 2 is 2.10 bits per heavy atom. The number of hydrogen-bond acceptors (Lipinski definition) is 6. The Labute approximate surface area is 179 Å². The molecule has 0 radical (unpaired) electrons. The largest absolute Gasteiger partial charge is 0.479 e. The molecule has 4 N–H and O–H groups in total. The average Bonchev–Trinajstić information content (AvgIpc) is 3.04. The Bertz CT molecular complexity index is 939. The van der Waals surface area contributed by atoms with E-state index >= 15 is 0 Å². The Kier molecular flexibility index (Phi) is 6.88. The first-order chi connectivity index (χ1) is 13.9. The van der Waals surface area contributed by atoms with Crippen LogP contribution in [0.5, 0.6) is 5.75 Å². The van der Waals surface area contributed by atoms with Crippen molar-refractivity contribution in [2.75, 3.05) is 25.0 Å². The topological polar surface area (TPSA) is 125 Å². The van der Waals surface area contributed by atoms with Crippen LogP contribution in [-0.4, -0.2) is 47.8 Å². The molecule has 1 fully saturated rings. The maximum atomic E-state index is 12.5. The van der Waals surface area contributed by atoms with Crippen molar-refractivity contribution in [2.24, 2.45) is 5.92 Å². The molecule has 0 saturated carbocycles. The van der Waals surface area contributed by atoms with Crippen LogP contribution in [0.2, 0.25) is 0 Å². The van der Waals surface area contributed by atoms with Crippen molar-refractivity contribution in [1.29, 1.82) is 0 Å². The van der Waals surface area contributed by atoms with E-state index in [0.29, 0.717) is 27.1 Å². The van der Waals surface area contributed by atoms with Gasteiger partial charge in [0.2, 0.25) is 5.91 Å². The third-order valence-corrected chi connectivity index (χ3v) is 6.63. The molecule has 0 aliphatic carbocycles. The Morgan fingerprint density at radius 1 is 1.31 bits per heavy atom. The highest BCUT2D eigenvalue weighted by Crippen LogP contribution is 2.46. The van der Waals surface area contributed by atoms with Crippen molar-refractivity contribution >= 4 is 50.8 Å². The van der Waals surface area contributed by atoms with E-state index in [1.165, 1.54) is 0 Å². The van der Waals surface area contributed by atoms with Gasteiger partial charge in [0.1, 0.15) is 0 Å². The summed E-state index contributed by atoms with van der Waals surface area (Å²) in [5, 5.41) is 24.4. The minimum atomic E-state index is -1.21. The highest BCUT2D eigenvalue weighted by Gasteiger charge is 2.25. The number of carboxylic acids is 2. The fourth-order valence-corrected chi connectivity index (χ4v) is 4.93. The molecule has 1 aromatic carbocycles. The lowest BCUT2D eigenvalue weighted by molar-refractivity contribution is -0.139. The van der Waals surface area contributed by atoms with Crippen LogP contribution in [0.15, 0.2) is 28.7 Å². The van der Waals surface area contributed by atoms with E-state index < -0.39 is 18.5 Å². The first-order valence-corrected chi connectivity index (χ1v) is 10.5. The number of halogens is 1. The maximum Gasteiger partial charge on any atom is 0.349 e. The summed E-state index contributed by atoms with van der Waals surface area (Å²) in [6.45, 7) is 0.915. The fraction of sp³-hybridized carbons (Fsp3) is 0.316. The number of hydrogen-bond donors (Lipinski definition) is 4. The number of nitrogens with one attached hydrogen (secondary N) is 2. The lowest BCUT2D eigenvalue weighted by Gasteiger charge is -2.22. The van der Waals surface area contributed by atoms with Crippen LogP contribution in [0.4, 0.5) is 5.69 Å². The van der Waals surface area contributed by atoms with Gasteiger partial charge in [0, 0.05) is 12.2 Å². The summed E-state index contributed by atoms with van der Waals surface area (Å²) >= 11 is 4.30. The summed E-state index contributed by atoms with van der Waals surface area (Å²) in [6, 6.07) is 7.05. The van der Waals surface area contributed by atoms with Gasteiger partial charge in [0.05, 0.1) is 15.3 Å². The lowest BCUT2D eigenvalue weighted by atomic mass is 9.98. The van der Waals surface area contributed by atoms with Gasteiger partial charge in [-0.2, -0.15) is 0 Å². The first kappa shape index (κ1) is 21.3. The van der Waals surface area contributed by atoms with Crippen LogP contribution < -0.4 is 15.4 Å². The van der Waals surface area contributed by atoms with E-state index in [9.17, 15) is 19.5 Å². The normalized spacial score (nSPS) is 16.2. The zero-order chi connectivity index (χ0) is 21.0. The van der Waals surface area contributed by atoms with Crippen molar-refractivity contribution in [3.8, 4) is 16.2 Å². The second kappa shape index (κ2) is 9.38. The number of benzene rings is 1. The Hall–Kier alpha value is -2.43. The number of aliphatic carboxylic acids is 1. The number of aromatic carboxylic acids is 1. The van der Waals surface area contributed by atoms with Crippen molar-refractivity contribution in [3.05, 3.63) is 33.6 Å². The number of thiophene rings is 1. The van der Waals surface area contributed by atoms with Crippen LogP contribution in [-0.2, 0) is 9.59 Å². The molecule has 1 atom stereocenters. The summed E-state index contributed by atoms with van der Waals surface area (Å²) in [7, 11) is 0. The van der Waals surface area contributed by atoms with Crippen molar-refractivity contribution in [2.45, 2.75) is 12.8 Å². The monoisotopic (exact) mass is 482 g/mol. The van der Waals surface area contributed by atoms with E-state index in [4.69, 9.17) is 9.84 Å². The van der Waals surface area contributed by atoms with E-state index in [1.807, 2.05) is 0 Å². The Balaban J connectivity index is 1.86. The standard InChI is InChI=1S/C19H19BrN2O6S/c20-14-15(28-9-13(23)24)17(19(26)27)29-16(14)10-3-1-5-12(7-10)22-18(25)11-4-2-6-21-8-11/h1,3,5,7,11,21H,2,4,6,8-9H2,(H,22,25)(H,23,24)(H,26,27). The molecule has 1 saturated heterocycles. The molecule has 8 nitrogen and oxygen atoms in total. The minimum absolute atomic E-state index is 0.0254. The molecular weight excluding hydrogens is 464 g/mol. The zero-order valence-electron chi connectivity index (χ0n) is 15.2. The molecule has 0 bridgehead atoms. The van der Waals surface area contributed by atoms with Crippen molar-refractivity contribution < 1.29 is 29.3 Å². The average molecular weight is 483 g/mol. The van der Waals surface area contributed by atoms with E-state index in [2.05, 4.69) is 26.6 Å². The van der Waals surface area contributed by atoms with Gasteiger partial charge in [0.25, 0.3) is 0 Å². The van der Waals surface area contributed by atoms with Gasteiger partial charge in [-0.15, -0.1) is 11.3 Å². The van der Waals surface area contributed by atoms with Crippen LogP contribution >= 0.6 is 27.3 Å². The SMILES string of the molecule is O=C(O)COc1c(C(=O)O)sc(-c2cccc(NC(=O)C3CCCNC3)c2)c1Br. The second-order valence-electron chi connectivity index (χ2n) is 6.50. The summed E-state index contributed by atoms with van der Waals surface area (Å²) in [6.07, 6.45) is 1.79. The molecule has 1 aliphatic heterocycles. The quantitative estimate of drug-likeness (QED) is 0.477. The molecule has 154 valence electrons. The molecule has 1 unspecified atom stereocenters. The van der Waals surface area contributed by atoms with Crippen molar-refractivity contribution in [1.82, 2.24) is 5.32 Å². The van der Waals surface area contributed by atoms with E-state index in [-0.39, 0.29) is 22.5 Å². The third-order valence-electron chi connectivity index (χ3n) is 4.40. The summed E-state index contributed by atoms with van der Waals surface area (Å²) in [4.78, 5) is 35.3. The maximum absolute atomic E-state index is 12.5. The number of piperidine rings is 1. The molecule has 2 aromatic rings. The molecule has 1 aliphatic rings. The summed E-state index contributed by atoms with van der Waals surface area (Å²) < 4.78 is 5.54. The molecule has 0 spiro atoms. The Morgan fingerprint density at radius 3 is 2.76 bits per heavy atom. The molecule has 3 rings (SSSR count). The van der Waals surface area contributed by atoms with E-state index in [0.717, 1.165) is 30.7 Å². The molecule has 10 heteroatoms.